The van der Waals surface area contributed by atoms with Crippen molar-refractivity contribution in [2.75, 3.05) is 11.9 Å². The van der Waals surface area contributed by atoms with Gasteiger partial charge in [-0.2, -0.15) is 18.3 Å². The van der Waals surface area contributed by atoms with E-state index in [1.807, 2.05) is 0 Å². The van der Waals surface area contributed by atoms with Gasteiger partial charge in [-0.15, -0.1) is 0 Å². The van der Waals surface area contributed by atoms with Crippen LogP contribution in [0.1, 0.15) is 34.3 Å². The molecule has 0 saturated carbocycles. The van der Waals surface area contributed by atoms with E-state index in [9.17, 15) is 22.8 Å². The molecule has 9 nitrogen and oxygen atoms in total. The minimum absolute atomic E-state index is 0.118. The van der Waals surface area contributed by atoms with Crippen LogP contribution in [0.25, 0.3) is 5.69 Å². The van der Waals surface area contributed by atoms with E-state index in [0.29, 0.717) is 12.1 Å². The first-order chi connectivity index (χ1) is 14.2. The minimum Gasteiger partial charge on any atom is -0.452 e. The molecular formula is C18H16F3N5O4. The molecule has 0 aliphatic heterocycles. The molecule has 0 fully saturated rings. The number of hydrogen-bond donors (Lipinski definition) is 1. The number of benzene rings is 1. The summed E-state index contributed by atoms with van der Waals surface area (Å²) in [5.41, 5.74) is -0.488. The van der Waals surface area contributed by atoms with Gasteiger partial charge < -0.3 is 14.6 Å². The van der Waals surface area contributed by atoms with Gasteiger partial charge in [0, 0.05) is 0 Å². The number of alkyl halides is 3. The summed E-state index contributed by atoms with van der Waals surface area (Å²) in [6.07, 6.45) is -1.74. The van der Waals surface area contributed by atoms with Gasteiger partial charge >= 0.3 is 12.1 Å². The minimum atomic E-state index is -4.62. The highest BCUT2D eigenvalue weighted by molar-refractivity contribution is 5.97. The lowest BCUT2D eigenvalue weighted by molar-refractivity contribution is -0.137. The fourth-order valence-electron chi connectivity index (χ4n) is 2.66. The number of halogens is 3. The van der Waals surface area contributed by atoms with E-state index in [0.717, 1.165) is 18.2 Å². The number of anilines is 1. The highest BCUT2D eigenvalue weighted by Crippen LogP contribution is 2.33. The van der Waals surface area contributed by atoms with E-state index in [-0.39, 0.29) is 22.7 Å². The van der Waals surface area contributed by atoms with Gasteiger partial charge in [0.05, 0.1) is 22.6 Å². The number of aromatic nitrogens is 4. The summed E-state index contributed by atoms with van der Waals surface area (Å²) >= 11 is 0. The van der Waals surface area contributed by atoms with Crippen LogP contribution in [0, 0.1) is 6.92 Å². The number of nitrogens with one attached hydrogen (secondary N) is 1. The predicted molar refractivity (Wildman–Crippen MR) is 95.9 cm³/mol. The molecule has 1 aromatic carbocycles. The van der Waals surface area contributed by atoms with Crippen LogP contribution < -0.4 is 5.32 Å². The van der Waals surface area contributed by atoms with Crippen LogP contribution in [0.2, 0.25) is 0 Å². The molecule has 0 aliphatic carbocycles. The number of nitrogens with zero attached hydrogens (tertiary/aromatic N) is 4. The molecule has 30 heavy (non-hydrogen) atoms. The van der Waals surface area contributed by atoms with Crippen LogP contribution in [-0.4, -0.2) is 38.4 Å². The van der Waals surface area contributed by atoms with Gasteiger partial charge in [0.25, 0.3) is 5.91 Å². The van der Waals surface area contributed by atoms with Crippen molar-refractivity contribution in [3.05, 3.63) is 53.4 Å². The van der Waals surface area contributed by atoms with Crippen molar-refractivity contribution in [1.29, 1.82) is 0 Å². The van der Waals surface area contributed by atoms with Crippen molar-refractivity contribution >= 4 is 17.6 Å². The van der Waals surface area contributed by atoms with Crippen LogP contribution in [0.3, 0.4) is 0 Å². The molecule has 0 saturated heterocycles. The number of ether oxygens (including phenoxy) is 1. The van der Waals surface area contributed by atoms with Crippen LogP contribution in [-0.2, 0) is 22.1 Å². The summed E-state index contributed by atoms with van der Waals surface area (Å²) in [4.78, 5) is 28.2. The van der Waals surface area contributed by atoms with Gasteiger partial charge in [0.2, 0.25) is 0 Å². The van der Waals surface area contributed by atoms with E-state index < -0.39 is 30.2 Å². The lowest BCUT2D eigenvalue weighted by atomic mass is 10.1. The number of aryl methyl sites for hydroxylation is 2. The molecule has 2 heterocycles. The molecular weight excluding hydrogens is 407 g/mol. The van der Waals surface area contributed by atoms with Gasteiger partial charge in [-0.05, 0) is 31.5 Å². The average Bonchev–Trinajstić information content (AvgIpc) is 3.35. The van der Waals surface area contributed by atoms with E-state index >= 15 is 0 Å². The first-order valence-corrected chi connectivity index (χ1v) is 8.69. The van der Waals surface area contributed by atoms with E-state index in [4.69, 9.17) is 9.26 Å². The predicted octanol–water partition coefficient (Wildman–Crippen LogP) is 2.94. The largest absolute Gasteiger partial charge is 0.452 e. The van der Waals surface area contributed by atoms with E-state index in [1.165, 1.54) is 24.3 Å². The summed E-state index contributed by atoms with van der Waals surface area (Å²) < 4.78 is 50.3. The molecule has 0 aliphatic rings. The number of amides is 1. The third kappa shape index (κ3) is 4.47. The van der Waals surface area contributed by atoms with E-state index in [1.54, 1.807) is 6.92 Å². The summed E-state index contributed by atoms with van der Waals surface area (Å²) in [5, 5.41) is 9.89. The van der Waals surface area contributed by atoms with Gasteiger partial charge in [-0.3, -0.25) is 4.79 Å². The summed E-state index contributed by atoms with van der Waals surface area (Å²) in [5.74, 6) is -1.42. The zero-order valence-corrected chi connectivity index (χ0v) is 15.9. The number of carbonyl (C=O) groups excluding carboxylic acids is 2. The van der Waals surface area contributed by atoms with Gasteiger partial charge in [-0.1, -0.05) is 12.1 Å². The first-order valence-electron chi connectivity index (χ1n) is 8.69. The van der Waals surface area contributed by atoms with Crippen molar-refractivity contribution in [3.63, 3.8) is 0 Å². The lowest BCUT2D eigenvalue weighted by Gasteiger charge is -2.14. The molecule has 12 heteroatoms. The SMILES string of the molecule is CCc1noc(C)c1C(=O)OCC(=O)Nc1cc(C(F)(F)F)ccc1-n1cncn1. The molecule has 158 valence electrons. The molecule has 3 rings (SSSR count). The Kier molecular flexibility index (Phi) is 5.85. The Bertz CT molecular complexity index is 1060. The molecule has 3 aromatic rings. The average molecular weight is 423 g/mol. The second-order valence-corrected chi connectivity index (χ2v) is 6.11. The number of carbonyl (C=O) groups is 2. The van der Waals surface area contributed by atoms with Crippen LogP contribution >= 0.6 is 0 Å². The third-order valence-electron chi connectivity index (χ3n) is 4.07. The lowest BCUT2D eigenvalue weighted by Crippen LogP contribution is -2.22. The van der Waals surface area contributed by atoms with Crippen LogP contribution in [0.4, 0.5) is 18.9 Å². The topological polar surface area (TPSA) is 112 Å². The van der Waals surface area contributed by atoms with Crippen LogP contribution in [0.15, 0.2) is 35.4 Å². The highest BCUT2D eigenvalue weighted by Gasteiger charge is 2.31. The molecule has 2 aromatic heterocycles. The van der Waals surface area contributed by atoms with Gasteiger partial charge in [0.1, 0.15) is 24.0 Å². The fraction of sp³-hybridized carbons (Fsp3) is 0.278. The van der Waals surface area contributed by atoms with Gasteiger partial charge in [0.15, 0.2) is 6.61 Å². The zero-order chi connectivity index (χ0) is 21.9. The molecule has 0 unspecified atom stereocenters. The quantitative estimate of drug-likeness (QED) is 0.607. The highest BCUT2D eigenvalue weighted by atomic mass is 19.4. The maximum atomic E-state index is 13.1. The summed E-state index contributed by atoms with van der Waals surface area (Å²) in [6, 6.07) is 2.76. The normalized spacial score (nSPS) is 11.4. The van der Waals surface area contributed by atoms with Crippen molar-refractivity contribution in [2.45, 2.75) is 26.4 Å². The molecule has 1 amide bonds. The number of esters is 1. The summed E-state index contributed by atoms with van der Waals surface area (Å²) in [6.45, 7) is 2.57. The Balaban J connectivity index is 1.77. The Morgan fingerprint density at radius 3 is 2.70 bits per heavy atom. The standard InChI is InChI=1S/C18H16F3N5O4/c1-3-12-16(10(2)30-25-12)17(28)29-7-15(27)24-13-6-11(18(19,20)21)4-5-14(13)26-9-22-8-23-26/h4-6,8-9H,3,7H2,1-2H3,(H,24,27). The summed E-state index contributed by atoms with van der Waals surface area (Å²) in [7, 11) is 0. The molecule has 0 radical (unpaired) electrons. The second kappa shape index (κ2) is 8.35. The Morgan fingerprint density at radius 1 is 1.30 bits per heavy atom. The third-order valence-corrected chi connectivity index (χ3v) is 4.07. The fourth-order valence-corrected chi connectivity index (χ4v) is 2.66. The maximum Gasteiger partial charge on any atom is 0.416 e. The van der Waals surface area contributed by atoms with Crippen molar-refractivity contribution < 1.29 is 32.0 Å². The second-order valence-electron chi connectivity index (χ2n) is 6.11. The Labute approximate surface area is 167 Å². The Morgan fingerprint density at radius 2 is 2.07 bits per heavy atom. The molecule has 0 spiro atoms. The van der Waals surface area contributed by atoms with Gasteiger partial charge in [-0.25, -0.2) is 14.5 Å². The smallest absolute Gasteiger partial charge is 0.416 e. The van der Waals surface area contributed by atoms with Crippen LogP contribution in [0.5, 0.6) is 0 Å². The monoisotopic (exact) mass is 423 g/mol. The molecule has 0 atom stereocenters. The Hall–Kier alpha value is -3.70. The zero-order valence-electron chi connectivity index (χ0n) is 15.9. The van der Waals surface area contributed by atoms with Crippen molar-refractivity contribution in [3.8, 4) is 5.69 Å². The number of hydrogen-bond acceptors (Lipinski definition) is 7. The maximum absolute atomic E-state index is 13.1. The molecule has 1 N–H and O–H groups in total. The number of rotatable bonds is 6. The molecule has 0 bridgehead atoms. The first kappa shape index (κ1) is 21.0. The van der Waals surface area contributed by atoms with E-state index in [2.05, 4.69) is 20.6 Å². The van der Waals surface area contributed by atoms with Crippen molar-refractivity contribution in [2.24, 2.45) is 0 Å². The van der Waals surface area contributed by atoms with Crippen molar-refractivity contribution in [1.82, 2.24) is 19.9 Å².